The molecule has 2 atom stereocenters. The molecule has 0 heterocycles. The van der Waals surface area contributed by atoms with Gasteiger partial charge in [-0.15, -0.1) is 0 Å². The van der Waals surface area contributed by atoms with E-state index in [1.165, 1.54) is 0 Å². The number of hydrogen-bond donors (Lipinski definition) is 1. The Hall–Kier alpha value is -1.82. The van der Waals surface area contributed by atoms with Crippen LogP contribution >= 0.6 is 0 Å². The molecule has 0 bridgehead atoms. The smallest absolute Gasteiger partial charge is 0.227 e. The number of nitrogens with zero attached hydrogens (tertiary/aromatic N) is 1. The predicted octanol–water partition coefficient (Wildman–Crippen LogP) is 2.15. The molecule has 1 aliphatic rings. The van der Waals surface area contributed by atoms with Crippen LogP contribution in [0.1, 0.15) is 18.9 Å². The normalized spacial score (nSPS) is 22.9. The van der Waals surface area contributed by atoms with Gasteiger partial charge in [0.2, 0.25) is 5.91 Å². The molecule has 1 N–H and O–H groups in total. The third-order valence-corrected chi connectivity index (χ3v) is 2.73. The first-order valence-electron chi connectivity index (χ1n) is 5.01. The third-order valence-electron chi connectivity index (χ3n) is 2.73. The van der Waals surface area contributed by atoms with Crippen molar-refractivity contribution in [2.75, 3.05) is 5.32 Å². The molecule has 2 rings (SSSR count). The van der Waals surface area contributed by atoms with Crippen LogP contribution in [0.4, 0.5) is 5.69 Å². The lowest BCUT2D eigenvalue weighted by molar-refractivity contribution is -0.117. The van der Waals surface area contributed by atoms with Crippen molar-refractivity contribution < 1.29 is 4.79 Å². The van der Waals surface area contributed by atoms with E-state index in [4.69, 9.17) is 5.26 Å². The van der Waals surface area contributed by atoms with Crippen LogP contribution in [0.3, 0.4) is 0 Å². The van der Waals surface area contributed by atoms with E-state index in [2.05, 4.69) is 12.2 Å². The summed E-state index contributed by atoms with van der Waals surface area (Å²) in [5, 5.41) is 11.4. The Morgan fingerprint density at radius 2 is 2.07 bits per heavy atom. The Labute approximate surface area is 88.7 Å². The second-order valence-corrected chi connectivity index (χ2v) is 4.00. The highest BCUT2D eigenvalue weighted by Gasteiger charge is 2.38. The molecule has 1 amide bonds. The summed E-state index contributed by atoms with van der Waals surface area (Å²) in [6.07, 6.45) is 0.988. The Morgan fingerprint density at radius 1 is 1.47 bits per heavy atom. The zero-order chi connectivity index (χ0) is 10.8. The molecule has 1 aromatic rings. The molecule has 1 aliphatic carbocycles. The summed E-state index contributed by atoms with van der Waals surface area (Å²) in [5.41, 5.74) is 1.37. The van der Waals surface area contributed by atoms with Crippen molar-refractivity contribution in [3.63, 3.8) is 0 Å². The number of nitrogens with one attached hydrogen (secondary N) is 1. The number of benzene rings is 1. The SMILES string of the molecule is C[C@H]1C[C@H]1C(=O)Nc1ccc(C#N)cc1. The van der Waals surface area contributed by atoms with Gasteiger partial charge in [0.25, 0.3) is 0 Å². The van der Waals surface area contributed by atoms with Gasteiger partial charge in [-0.1, -0.05) is 6.92 Å². The molecule has 0 radical (unpaired) electrons. The molecular weight excluding hydrogens is 188 g/mol. The molecule has 15 heavy (non-hydrogen) atoms. The Bertz CT molecular complexity index is 416. The van der Waals surface area contributed by atoms with Gasteiger partial charge in [-0.05, 0) is 36.6 Å². The highest BCUT2D eigenvalue weighted by Crippen LogP contribution is 2.38. The number of carbonyl (C=O) groups is 1. The Balaban J connectivity index is 1.99. The highest BCUT2D eigenvalue weighted by molar-refractivity contribution is 5.94. The van der Waals surface area contributed by atoms with Crippen molar-refractivity contribution in [2.45, 2.75) is 13.3 Å². The summed E-state index contributed by atoms with van der Waals surface area (Å²) < 4.78 is 0. The van der Waals surface area contributed by atoms with E-state index in [-0.39, 0.29) is 11.8 Å². The van der Waals surface area contributed by atoms with Crippen LogP contribution in [0.5, 0.6) is 0 Å². The topological polar surface area (TPSA) is 52.9 Å². The van der Waals surface area contributed by atoms with Gasteiger partial charge in [-0.3, -0.25) is 4.79 Å². The van der Waals surface area contributed by atoms with Crippen molar-refractivity contribution in [2.24, 2.45) is 11.8 Å². The maximum absolute atomic E-state index is 11.6. The van der Waals surface area contributed by atoms with Crippen molar-refractivity contribution in [3.05, 3.63) is 29.8 Å². The number of hydrogen-bond acceptors (Lipinski definition) is 2. The largest absolute Gasteiger partial charge is 0.326 e. The molecule has 0 aromatic heterocycles. The lowest BCUT2D eigenvalue weighted by Gasteiger charge is -2.03. The quantitative estimate of drug-likeness (QED) is 0.795. The molecular formula is C12H12N2O. The first-order chi connectivity index (χ1) is 7.20. The lowest BCUT2D eigenvalue weighted by atomic mass is 10.2. The van der Waals surface area contributed by atoms with Gasteiger partial charge in [-0.2, -0.15) is 5.26 Å². The van der Waals surface area contributed by atoms with Crippen LogP contribution in [-0.2, 0) is 4.79 Å². The molecule has 76 valence electrons. The Morgan fingerprint density at radius 3 is 2.53 bits per heavy atom. The van der Waals surface area contributed by atoms with Gasteiger partial charge in [0.1, 0.15) is 0 Å². The summed E-state index contributed by atoms with van der Waals surface area (Å²) in [7, 11) is 0. The van der Waals surface area contributed by atoms with Gasteiger partial charge in [0.05, 0.1) is 11.6 Å². The number of amides is 1. The number of anilines is 1. The predicted molar refractivity (Wildman–Crippen MR) is 57.1 cm³/mol. The van der Waals surface area contributed by atoms with Gasteiger partial charge in [0.15, 0.2) is 0 Å². The zero-order valence-electron chi connectivity index (χ0n) is 8.53. The Kier molecular flexibility index (Phi) is 2.42. The molecule has 0 unspecified atom stereocenters. The van der Waals surface area contributed by atoms with Crippen molar-refractivity contribution >= 4 is 11.6 Å². The van der Waals surface area contributed by atoms with Crippen molar-refractivity contribution in [1.29, 1.82) is 5.26 Å². The van der Waals surface area contributed by atoms with E-state index in [0.717, 1.165) is 12.1 Å². The van der Waals surface area contributed by atoms with E-state index in [1.54, 1.807) is 24.3 Å². The molecule has 3 nitrogen and oxygen atoms in total. The summed E-state index contributed by atoms with van der Waals surface area (Å²) in [5.74, 6) is 0.788. The average molecular weight is 200 g/mol. The van der Waals surface area contributed by atoms with E-state index < -0.39 is 0 Å². The van der Waals surface area contributed by atoms with Crippen molar-refractivity contribution in [1.82, 2.24) is 0 Å². The number of rotatable bonds is 2. The monoisotopic (exact) mass is 200 g/mol. The number of nitriles is 1. The molecule has 1 fully saturated rings. The van der Waals surface area contributed by atoms with Gasteiger partial charge in [-0.25, -0.2) is 0 Å². The molecule has 0 saturated heterocycles. The van der Waals surface area contributed by atoms with E-state index in [0.29, 0.717) is 11.5 Å². The lowest BCUT2D eigenvalue weighted by Crippen LogP contribution is -2.14. The maximum atomic E-state index is 11.6. The summed E-state index contributed by atoms with van der Waals surface area (Å²) in [4.78, 5) is 11.6. The summed E-state index contributed by atoms with van der Waals surface area (Å²) in [6, 6.07) is 8.94. The van der Waals surface area contributed by atoms with Gasteiger partial charge in [0, 0.05) is 11.6 Å². The molecule has 1 aromatic carbocycles. The first kappa shape index (κ1) is 9.72. The second-order valence-electron chi connectivity index (χ2n) is 4.00. The molecule has 3 heteroatoms. The fourth-order valence-electron chi connectivity index (χ4n) is 1.55. The van der Waals surface area contributed by atoms with Crippen LogP contribution in [0.25, 0.3) is 0 Å². The number of carbonyl (C=O) groups excluding carboxylic acids is 1. The molecule has 1 saturated carbocycles. The van der Waals surface area contributed by atoms with E-state index >= 15 is 0 Å². The molecule has 0 aliphatic heterocycles. The van der Waals surface area contributed by atoms with Crippen LogP contribution < -0.4 is 5.32 Å². The van der Waals surface area contributed by atoms with Crippen molar-refractivity contribution in [3.8, 4) is 6.07 Å². The summed E-state index contributed by atoms with van der Waals surface area (Å²) >= 11 is 0. The van der Waals surface area contributed by atoms with Crippen LogP contribution in [0, 0.1) is 23.2 Å². The minimum absolute atomic E-state index is 0.0900. The van der Waals surface area contributed by atoms with E-state index in [9.17, 15) is 4.79 Å². The van der Waals surface area contributed by atoms with Crippen LogP contribution in [-0.4, -0.2) is 5.91 Å². The zero-order valence-corrected chi connectivity index (χ0v) is 8.53. The third kappa shape index (κ3) is 2.16. The highest BCUT2D eigenvalue weighted by atomic mass is 16.2. The summed E-state index contributed by atoms with van der Waals surface area (Å²) in [6.45, 7) is 2.07. The van der Waals surface area contributed by atoms with E-state index in [1.807, 2.05) is 6.07 Å². The minimum Gasteiger partial charge on any atom is -0.326 e. The standard InChI is InChI=1S/C12H12N2O/c1-8-6-11(8)12(15)14-10-4-2-9(7-13)3-5-10/h2-5,8,11H,6H2,1H3,(H,14,15)/t8-,11+/m0/s1. The average Bonchev–Trinajstić information content (AvgIpc) is 2.97. The maximum Gasteiger partial charge on any atom is 0.227 e. The first-order valence-corrected chi connectivity index (χ1v) is 5.01. The van der Waals surface area contributed by atoms with Crippen LogP contribution in [0.2, 0.25) is 0 Å². The van der Waals surface area contributed by atoms with Gasteiger partial charge < -0.3 is 5.32 Å². The minimum atomic E-state index is 0.0900. The fourth-order valence-corrected chi connectivity index (χ4v) is 1.55. The van der Waals surface area contributed by atoms with Gasteiger partial charge >= 0.3 is 0 Å². The molecule has 0 spiro atoms. The fraction of sp³-hybridized carbons (Fsp3) is 0.333. The van der Waals surface area contributed by atoms with Crippen LogP contribution in [0.15, 0.2) is 24.3 Å². The second kappa shape index (κ2) is 3.74.